The molecule has 1 fully saturated rings. The Balaban J connectivity index is 1.42. The maximum Gasteiger partial charge on any atom is 0.230 e. The average Bonchev–Trinajstić information content (AvgIpc) is 3.27. The maximum atomic E-state index is 13.7. The number of carbonyl (C=O) groups excluding carboxylic acids is 1. The van der Waals surface area contributed by atoms with E-state index in [1.165, 1.54) is 6.07 Å². The van der Waals surface area contributed by atoms with E-state index < -0.39 is 11.2 Å². The summed E-state index contributed by atoms with van der Waals surface area (Å²) < 4.78 is 25.0. The molecule has 1 heterocycles. The van der Waals surface area contributed by atoms with Crippen molar-refractivity contribution in [1.29, 1.82) is 5.26 Å². The lowest BCUT2D eigenvalue weighted by Gasteiger charge is -2.30. The number of amides is 1. The first kappa shape index (κ1) is 20.0. The molecule has 1 aliphatic heterocycles. The Labute approximate surface area is 175 Å². The van der Waals surface area contributed by atoms with Crippen LogP contribution in [-0.4, -0.2) is 32.2 Å². The van der Waals surface area contributed by atoms with Crippen LogP contribution in [0.3, 0.4) is 0 Å². The van der Waals surface area contributed by atoms with Gasteiger partial charge >= 0.3 is 0 Å². The fourth-order valence-corrected chi connectivity index (χ4v) is 4.29. The summed E-state index contributed by atoms with van der Waals surface area (Å²) in [6.45, 7) is 1.80. The van der Waals surface area contributed by atoms with E-state index in [0.717, 1.165) is 31.2 Å². The van der Waals surface area contributed by atoms with Gasteiger partial charge in [-0.25, -0.2) is 4.39 Å². The molecule has 1 saturated carbocycles. The summed E-state index contributed by atoms with van der Waals surface area (Å²) >= 11 is 0. The fourth-order valence-electron chi connectivity index (χ4n) is 4.29. The van der Waals surface area contributed by atoms with Crippen molar-refractivity contribution in [3.8, 4) is 17.6 Å². The molecule has 2 aromatic rings. The van der Waals surface area contributed by atoms with Gasteiger partial charge in [0.1, 0.15) is 30.7 Å². The van der Waals surface area contributed by atoms with E-state index >= 15 is 0 Å². The van der Waals surface area contributed by atoms with E-state index in [1.54, 1.807) is 12.1 Å². The van der Waals surface area contributed by atoms with Gasteiger partial charge in [0.25, 0.3) is 0 Å². The normalized spacial score (nSPS) is 16.5. The van der Waals surface area contributed by atoms with Crippen LogP contribution < -0.4 is 20.1 Å². The first-order chi connectivity index (χ1) is 14.6. The number of benzene rings is 2. The smallest absolute Gasteiger partial charge is 0.230 e. The highest BCUT2D eigenvalue weighted by molar-refractivity contribution is 5.89. The van der Waals surface area contributed by atoms with Crippen LogP contribution in [0.5, 0.6) is 11.5 Å². The monoisotopic (exact) mass is 409 g/mol. The van der Waals surface area contributed by atoms with Gasteiger partial charge in [0.2, 0.25) is 5.91 Å². The third-order valence-corrected chi connectivity index (χ3v) is 5.84. The minimum atomic E-state index is -0.577. The number of nitriles is 1. The van der Waals surface area contributed by atoms with E-state index in [2.05, 4.69) is 10.6 Å². The van der Waals surface area contributed by atoms with Crippen LogP contribution in [0.2, 0.25) is 0 Å². The number of hydrogen-bond donors (Lipinski definition) is 2. The number of nitrogens with zero attached hydrogens (tertiary/aromatic N) is 1. The Morgan fingerprint density at radius 2 is 1.87 bits per heavy atom. The number of rotatable bonds is 6. The summed E-state index contributed by atoms with van der Waals surface area (Å²) in [5.74, 6) is 0.828. The summed E-state index contributed by atoms with van der Waals surface area (Å²) in [7, 11) is 0. The molecule has 2 N–H and O–H groups in total. The van der Waals surface area contributed by atoms with Crippen molar-refractivity contribution < 1.29 is 18.7 Å². The molecule has 4 rings (SSSR count). The second-order valence-corrected chi connectivity index (χ2v) is 7.60. The van der Waals surface area contributed by atoms with Gasteiger partial charge < -0.3 is 20.1 Å². The van der Waals surface area contributed by atoms with E-state index in [1.807, 2.05) is 24.3 Å². The summed E-state index contributed by atoms with van der Waals surface area (Å²) in [5.41, 5.74) is 0.778. The SMILES string of the molecule is N#Cc1c(F)cccc1NCCNC(=O)C1(c2ccc3c(c2)OCCO3)CCCC1. The molecule has 0 atom stereocenters. The summed E-state index contributed by atoms with van der Waals surface area (Å²) in [4.78, 5) is 13.2. The highest BCUT2D eigenvalue weighted by atomic mass is 19.1. The summed E-state index contributed by atoms with van der Waals surface area (Å²) in [6, 6.07) is 12.1. The molecule has 0 radical (unpaired) electrons. The second-order valence-electron chi connectivity index (χ2n) is 7.60. The number of hydrogen-bond acceptors (Lipinski definition) is 5. The topological polar surface area (TPSA) is 83.4 Å². The zero-order valence-electron chi connectivity index (χ0n) is 16.7. The number of nitrogens with one attached hydrogen (secondary N) is 2. The van der Waals surface area contributed by atoms with Crippen molar-refractivity contribution in [3.63, 3.8) is 0 Å². The van der Waals surface area contributed by atoms with E-state index in [4.69, 9.17) is 14.7 Å². The highest BCUT2D eigenvalue weighted by Gasteiger charge is 2.43. The Hall–Kier alpha value is -3.27. The zero-order valence-corrected chi connectivity index (χ0v) is 16.7. The number of anilines is 1. The molecule has 0 unspecified atom stereocenters. The summed E-state index contributed by atoms with van der Waals surface area (Å²) in [6.07, 6.45) is 3.56. The van der Waals surface area contributed by atoms with Crippen LogP contribution in [0.15, 0.2) is 36.4 Å². The van der Waals surface area contributed by atoms with Crippen molar-refractivity contribution in [2.24, 2.45) is 0 Å². The molecule has 1 aliphatic carbocycles. The van der Waals surface area contributed by atoms with Gasteiger partial charge in [-0.2, -0.15) is 5.26 Å². The molecule has 0 bridgehead atoms. The van der Waals surface area contributed by atoms with Gasteiger partial charge in [-0.15, -0.1) is 0 Å². The molecule has 2 aliphatic rings. The van der Waals surface area contributed by atoms with Crippen molar-refractivity contribution in [2.75, 3.05) is 31.6 Å². The molecule has 7 heteroatoms. The highest BCUT2D eigenvalue weighted by Crippen LogP contribution is 2.44. The lowest BCUT2D eigenvalue weighted by Crippen LogP contribution is -2.44. The van der Waals surface area contributed by atoms with Gasteiger partial charge in [0, 0.05) is 13.1 Å². The van der Waals surface area contributed by atoms with Crippen LogP contribution >= 0.6 is 0 Å². The van der Waals surface area contributed by atoms with Gasteiger partial charge in [-0.1, -0.05) is 25.0 Å². The molecule has 0 saturated heterocycles. The molecule has 0 spiro atoms. The van der Waals surface area contributed by atoms with Crippen molar-refractivity contribution in [1.82, 2.24) is 5.32 Å². The predicted molar refractivity (Wildman–Crippen MR) is 110 cm³/mol. The molecule has 2 aromatic carbocycles. The molecular formula is C23H24FN3O3. The maximum absolute atomic E-state index is 13.7. The summed E-state index contributed by atoms with van der Waals surface area (Å²) in [5, 5.41) is 15.2. The Morgan fingerprint density at radius 1 is 1.10 bits per heavy atom. The Morgan fingerprint density at radius 3 is 2.63 bits per heavy atom. The van der Waals surface area contributed by atoms with Crippen LogP contribution in [-0.2, 0) is 10.2 Å². The Kier molecular flexibility index (Phi) is 5.75. The molecule has 30 heavy (non-hydrogen) atoms. The molecular weight excluding hydrogens is 385 g/mol. The number of carbonyl (C=O) groups is 1. The molecule has 156 valence electrons. The van der Waals surface area contributed by atoms with E-state index in [-0.39, 0.29) is 11.5 Å². The standard InChI is InChI=1S/C23H24FN3O3/c24-18-4-3-5-19(17(18)15-25)26-10-11-27-22(28)23(8-1-2-9-23)16-6-7-20-21(14-16)30-13-12-29-20/h3-7,14,26H,1-2,8-13H2,(H,27,28). The quantitative estimate of drug-likeness (QED) is 0.714. The number of halogens is 1. The molecule has 6 nitrogen and oxygen atoms in total. The van der Waals surface area contributed by atoms with Crippen molar-refractivity contribution in [3.05, 3.63) is 53.3 Å². The minimum Gasteiger partial charge on any atom is -0.486 e. The largest absolute Gasteiger partial charge is 0.486 e. The first-order valence-corrected chi connectivity index (χ1v) is 10.2. The van der Waals surface area contributed by atoms with Crippen LogP contribution in [0.25, 0.3) is 0 Å². The van der Waals surface area contributed by atoms with Gasteiger partial charge in [-0.05, 0) is 42.7 Å². The fraction of sp³-hybridized carbons (Fsp3) is 0.391. The third-order valence-electron chi connectivity index (χ3n) is 5.84. The number of fused-ring (bicyclic) bond motifs is 1. The van der Waals surface area contributed by atoms with Crippen LogP contribution in [0.1, 0.15) is 36.8 Å². The lowest BCUT2D eigenvalue weighted by molar-refractivity contribution is -0.126. The van der Waals surface area contributed by atoms with E-state index in [0.29, 0.717) is 43.5 Å². The van der Waals surface area contributed by atoms with Crippen molar-refractivity contribution in [2.45, 2.75) is 31.1 Å². The Bertz CT molecular complexity index is 980. The second kappa shape index (κ2) is 8.62. The average molecular weight is 409 g/mol. The lowest BCUT2D eigenvalue weighted by atomic mass is 9.77. The third kappa shape index (κ3) is 3.78. The van der Waals surface area contributed by atoms with E-state index in [9.17, 15) is 9.18 Å². The van der Waals surface area contributed by atoms with Crippen molar-refractivity contribution >= 4 is 11.6 Å². The zero-order chi connectivity index (χ0) is 21.0. The number of ether oxygens (including phenoxy) is 2. The molecule has 0 aromatic heterocycles. The van der Waals surface area contributed by atoms with Gasteiger partial charge in [0.05, 0.1) is 11.1 Å². The van der Waals surface area contributed by atoms with Crippen LogP contribution in [0, 0.1) is 17.1 Å². The predicted octanol–water partition coefficient (Wildman–Crippen LogP) is 3.51. The molecule has 1 amide bonds. The minimum absolute atomic E-state index is 0.0155. The van der Waals surface area contributed by atoms with Gasteiger partial charge in [-0.3, -0.25) is 4.79 Å². The van der Waals surface area contributed by atoms with Gasteiger partial charge in [0.15, 0.2) is 11.5 Å². The van der Waals surface area contributed by atoms with Crippen LogP contribution in [0.4, 0.5) is 10.1 Å². The first-order valence-electron chi connectivity index (χ1n) is 10.2.